The van der Waals surface area contributed by atoms with Crippen molar-refractivity contribution in [1.29, 1.82) is 0 Å². The van der Waals surface area contributed by atoms with Crippen LogP contribution in [-0.2, 0) is 4.79 Å². The average molecular weight is 276 g/mol. The maximum Gasteiger partial charge on any atom is 0.239 e. The zero-order chi connectivity index (χ0) is 14.5. The molecule has 1 N–H and O–H groups in total. The number of nitrogens with one attached hydrogen (secondary N) is 1. The maximum absolute atomic E-state index is 12.2. The van der Waals surface area contributed by atoms with Crippen molar-refractivity contribution in [1.82, 2.24) is 10.2 Å². The number of likely N-dealkylation sites (N-methyl/N-ethyl adjacent to an activating group) is 1. The first-order valence-electron chi connectivity index (χ1n) is 7.41. The Balaban J connectivity index is 1.89. The molecular formula is C16H24N2O2. The minimum absolute atomic E-state index is 0.150. The summed E-state index contributed by atoms with van der Waals surface area (Å²) in [5, 5.41) is 3.34. The van der Waals surface area contributed by atoms with Gasteiger partial charge in [-0.3, -0.25) is 4.79 Å². The Morgan fingerprint density at radius 2 is 2.10 bits per heavy atom. The topological polar surface area (TPSA) is 41.6 Å². The highest BCUT2D eigenvalue weighted by atomic mass is 16.5. The summed E-state index contributed by atoms with van der Waals surface area (Å²) in [4.78, 5) is 14.0. The number of nitrogens with zero attached hydrogens (tertiary/aromatic N) is 1. The number of rotatable bonds is 6. The van der Waals surface area contributed by atoms with Gasteiger partial charge in [-0.2, -0.15) is 0 Å². The lowest BCUT2D eigenvalue weighted by molar-refractivity contribution is -0.132. The first-order valence-corrected chi connectivity index (χ1v) is 7.41. The van der Waals surface area contributed by atoms with E-state index in [1.165, 1.54) is 5.56 Å². The Labute approximate surface area is 121 Å². The van der Waals surface area contributed by atoms with Crippen LogP contribution in [0.25, 0.3) is 0 Å². The summed E-state index contributed by atoms with van der Waals surface area (Å²) < 4.78 is 5.66. The fourth-order valence-electron chi connectivity index (χ4n) is 2.61. The molecule has 0 fully saturated rings. The number of fused-ring (bicyclic) bond motifs is 1. The van der Waals surface area contributed by atoms with E-state index in [0.29, 0.717) is 12.5 Å². The summed E-state index contributed by atoms with van der Waals surface area (Å²) in [6.45, 7) is 8.93. The third kappa shape index (κ3) is 3.12. The lowest BCUT2D eigenvalue weighted by Crippen LogP contribution is -2.45. The van der Waals surface area contributed by atoms with Crippen LogP contribution in [0, 0.1) is 0 Å². The van der Waals surface area contributed by atoms with Crippen molar-refractivity contribution in [2.24, 2.45) is 0 Å². The molecule has 2 atom stereocenters. The molecule has 1 aliphatic heterocycles. The predicted molar refractivity (Wildman–Crippen MR) is 80.1 cm³/mol. The summed E-state index contributed by atoms with van der Waals surface area (Å²) >= 11 is 0. The highest BCUT2D eigenvalue weighted by Gasteiger charge is 2.25. The Bertz CT molecular complexity index is 458. The van der Waals surface area contributed by atoms with Gasteiger partial charge in [0.2, 0.25) is 5.91 Å². The van der Waals surface area contributed by atoms with Crippen LogP contribution >= 0.6 is 0 Å². The van der Waals surface area contributed by atoms with Crippen molar-refractivity contribution < 1.29 is 9.53 Å². The van der Waals surface area contributed by atoms with Gasteiger partial charge in [0, 0.05) is 31.1 Å². The first kappa shape index (κ1) is 14.9. The van der Waals surface area contributed by atoms with Crippen molar-refractivity contribution in [2.75, 3.05) is 26.2 Å². The quantitative estimate of drug-likeness (QED) is 0.864. The molecule has 2 unspecified atom stereocenters. The Morgan fingerprint density at radius 1 is 1.40 bits per heavy atom. The molecule has 1 aromatic carbocycles. The van der Waals surface area contributed by atoms with Gasteiger partial charge in [0.05, 0.1) is 12.6 Å². The van der Waals surface area contributed by atoms with Crippen molar-refractivity contribution in [3.63, 3.8) is 0 Å². The summed E-state index contributed by atoms with van der Waals surface area (Å²) in [6.07, 6.45) is 0. The van der Waals surface area contributed by atoms with Gasteiger partial charge in [-0.1, -0.05) is 18.2 Å². The predicted octanol–water partition coefficient (Wildman–Crippen LogP) is 2.01. The summed E-state index contributed by atoms with van der Waals surface area (Å²) in [7, 11) is 0. The van der Waals surface area contributed by atoms with E-state index < -0.39 is 0 Å². The Kier molecular flexibility index (Phi) is 5.01. The Hall–Kier alpha value is -1.55. The van der Waals surface area contributed by atoms with Crippen LogP contribution < -0.4 is 10.1 Å². The molecule has 0 radical (unpaired) electrons. The van der Waals surface area contributed by atoms with Gasteiger partial charge in [0.25, 0.3) is 0 Å². The maximum atomic E-state index is 12.2. The van der Waals surface area contributed by atoms with Crippen LogP contribution in [0.2, 0.25) is 0 Å². The second-order valence-corrected chi connectivity index (χ2v) is 5.19. The highest BCUT2D eigenvalue weighted by molar-refractivity contribution is 5.81. The molecule has 20 heavy (non-hydrogen) atoms. The number of para-hydroxylation sites is 1. The summed E-state index contributed by atoms with van der Waals surface area (Å²) in [6, 6.07) is 7.97. The van der Waals surface area contributed by atoms with Gasteiger partial charge >= 0.3 is 0 Å². The van der Waals surface area contributed by atoms with Crippen molar-refractivity contribution >= 4 is 5.91 Å². The minimum atomic E-state index is -0.150. The largest absolute Gasteiger partial charge is 0.493 e. The van der Waals surface area contributed by atoms with Gasteiger partial charge in [0.15, 0.2) is 0 Å². The summed E-state index contributed by atoms with van der Waals surface area (Å²) in [5.41, 5.74) is 1.24. The smallest absolute Gasteiger partial charge is 0.239 e. The van der Waals surface area contributed by atoms with Crippen molar-refractivity contribution in [3.05, 3.63) is 29.8 Å². The van der Waals surface area contributed by atoms with E-state index >= 15 is 0 Å². The van der Waals surface area contributed by atoms with E-state index in [1.54, 1.807) is 0 Å². The zero-order valence-electron chi connectivity index (χ0n) is 12.6. The number of carbonyl (C=O) groups excluding carboxylic acids is 1. The zero-order valence-corrected chi connectivity index (χ0v) is 12.6. The minimum Gasteiger partial charge on any atom is -0.493 e. The van der Waals surface area contributed by atoms with E-state index in [2.05, 4.69) is 11.4 Å². The standard InChI is InChI=1S/C16H24N2O2/c1-4-18(5-2)16(19)12(3)17-10-13-11-20-15-9-7-6-8-14(13)15/h6-9,12-13,17H,4-5,10-11H2,1-3H3. The lowest BCUT2D eigenvalue weighted by atomic mass is 10.0. The van der Waals surface area contributed by atoms with Crippen LogP contribution in [-0.4, -0.2) is 43.1 Å². The second kappa shape index (κ2) is 6.75. The molecule has 0 spiro atoms. The van der Waals surface area contributed by atoms with E-state index in [9.17, 15) is 4.79 Å². The number of ether oxygens (including phenoxy) is 1. The van der Waals surface area contributed by atoms with Crippen LogP contribution in [0.3, 0.4) is 0 Å². The monoisotopic (exact) mass is 276 g/mol. The molecule has 1 heterocycles. The van der Waals surface area contributed by atoms with Crippen molar-refractivity contribution in [3.8, 4) is 5.75 Å². The fourth-order valence-corrected chi connectivity index (χ4v) is 2.61. The molecule has 0 saturated heterocycles. The molecule has 4 heteroatoms. The number of hydrogen-bond acceptors (Lipinski definition) is 3. The number of hydrogen-bond donors (Lipinski definition) is 1. The average Bonchev–Trinajstić information content (AvgIpc) is 2.89. The molecule has 4 nitrogen and oxygen atoms in total. The molecule has 0 saturated carbocycles. The molecule has 2 rings (SSSR count). The molecule has 1 aromatic rings. The van der Waals surface area contributed by atoms with Gasteiger partial charge in [-0.15, -0.1) is 0 Å². The van der Waals surface area contributed by atoms with E-state index in [4.69, 9.17) is 4.74 Å². The third-order valence-corrected chi connectivity index (χ3v) is 3.91. The molecule has 110 valence electrons. The van der Waals surface area contributed by atoms with Gasteiger partial charge < -0.3 is 15.0 Å². The van der Waals surface area contributed by atoms with E-state index in [1.807, 2.05) is 43.9 Å². The highest BCUT2D eigenvalue weighted by Crippen LogP contribution is 2.32. The third-order valence-electron chi connectivity index (χ3n) is 3.91. The molecule has 0 aliphatic carbocycles. The number of benzene rings is 1. The SMILES string of the molecule is CCN(CC)C(=O)C(C)NCC1COc2ccccc21. The van der Waals surface area contributed by atoms with Crippen molar-refractivity contribution in [2.45, 2.75) is 32.7 Å². The van der Waals surface area contributed by atoms with Gasteiger partial charge in [-0.25, -0.2) is 0 Å². The molecule has 0 bridgehead atoms. The molecular weight excluding hydrogens is 252 g/mol. The van der Waals surface area contributed by atoms with Gasteiger partial charge in [-0.05, 0) is 26.8 Å². The fraction of sp³-hybridized carbons (Fsp3) is 0.562. The summed E-state index contributed by atoms with van der Waals surface area (Å²) in [5.74, 6) is 1.47. The van der Waals surface area contributed by atoms with Gasteiger partial charge in [0.1, 0.15) is 5.75 Å². The molecule has 1 amide bonds. The number of amides is 1. The van der Waals surface area contributed by atoms with Crippen LogP contribution in [0.1, 0.15) is 32.3 Å². The van der Waals surface area contributed by atoms with E-state index in [0.717, 1.165) is 25.4 Å². The second-order valence-electron chi connectivity index (χ2n) is 5.19. The molecule has 1 aliphatic rings. The molecule has 0 aromatic heterocycles. The van der Waals surface area contributed by atoms with Crippen LogP contribution in [0.15, 0.2) is 24.3 Å². The Morgan fingerprint density at radius 3 is 2.80 bits per heavy atom. The number of carbonyl (C=O) groups is 1. The van der Waals surface area contributed by atoms with E-state index in [-0.39, 0.29) is 11.9 Å². The normalized spacial score (nSPS) is 18.2. The lowest BCUT2D eigenvalue weighted by Gasteiger charge is -2.24. The first-order chi connectivity index (χ1) is 9.67. The van der Waals surface area contributed by atoms with Crippen LogP contribution in [0.4, 0.5) is 0 Å². The van der Waals surface area contributed by atoms with Crippen LogP contribution in [0.5, 0.6) is 5.75 Å².